The molecule has 20 heavy (non-hydrogen) atoms. The van der Waals surface area contributed by atoms with Gasteiger partial charge in [-0.1, -0.05) is 25.0 Å². The first-order valence-corrected chi connectivity index (χ1v) is 9.04. The molecule has 0 radical (unpaired) electrons. The molecule has 0 aromatic carbocycles. The highest BCUT2D eigenvalue weighted by Crippen LogP contribution is 2.34. The second-order valence-corrected chi connectivity index (χ2v) is 7.06. The summed E-state index contributed by atoms with van der Waals surface area (Å²) in [6.07, 6.45) is 16.6. The number of hydrogen-bond acceptors (Lipinski definition) is 2. The standard InChI is InChI=1S/C18H32N2/c1-2-19-16-13-17-9-6-10-18(14-16)20(17)12-11-15-7-4-3-5-8-15/h7,16-19H,2-6,8-14H2,1H3. The Morgan fingerprint density at radius 3 is 2.60 bits per heavy atom. The summed E-state index contributed by atoms with van der Waals surface area (Å²) in [6, 6.07) is 2.53. The first-order chi connectivity index (χ1) is 9.86. The van der Waals surface area contributed by atoms with Crippen LogP contribution in [0.4, 0.5) is 0 Å². The molecule has 2 aliphatic heterocycles. The van der Waals surface area contributed by atoms with E-state index in [-0.39, 0.29) is 0 Å². The Labute approximate surface area is 125 Å². The third kappa shape index (κ3) is 3.46. The number of nitrogens with zero attached hydrogens (tertiary/aromatic N) is 1. The Hall–Kier alpha value is -0.340. The summed E-state index contributed by atoms with van der Waals surface area (Å²) in [5.74, 6) is 0. The topological polar surface area (TPSA) is 15.3 Å². The van der Waals surface area contributed by atoms with Crippen LogP contribution in [-0.4, -0.2) is 36.1 Å². The van der Waals surface area contributed by atoms with Gasteiger partial charge in [0.05, 0.1) is 0 Å². The van der Waals surface area contributed by atoms with Crippen LogP contribution in [0.25, 0.3) is 0 Å². The third-order valence-electron chi connectivity index (χ3n) is 5.69. The lowest BCUT2D eigenvalue weighted by molar-refractivity contribution is 0.0258. The first-order valence-electron chi connectivity index (χ1n) is 9.04. The number of fused-ring (bicyclic) bond motifs is 2. The van der Waals surface area contributed by atoms with Crippen molar-refractivity contribution in [3.8, 4) is 0 Å². The average molecular weight is 276 g/mol. The van der Waals surface area contributed by atoms with Gasteiger partial charge >= 0.3 is 0 Å². The first kappa shape index (κ1) is 14.6. The van der Waals surface area contributed by atoms with Gasteiger partial charge in [-0.2, -0.15) is 0 Å². The molecule has 2 heterocycles. The highest BCUT2D eigenvalue weighted by molar-refractivity contribution is 5.06. The maximum Gasteiger partial charge on any atom is 0.0113 e. The molecular weight excluding hydrogens is 244 g/mol. The minimum Gasteiger partial charge on any atom is -0.314 e. The molecule has 2 nitrogen and oxygen atoms in total. The lowest BCUT2D eigenvalue weighted by Crippen LogP contribution is -2.56. The monoisotopic (exact) mass is 276 g/mol. The van der Waals surface area contributed by atoms with E-state index in [0.717, 1.165) is 24.7 Å². The molecule has 0 saturated carbocycles. The lowest BCUT2D eigenvalue weighted by Gasteiger charge is -2.49. The minimum absolute atomic E-state index is 0.792. The zero-order valence-electron chi connectivity index (χ0n) is 13.2. The van der Waals surface area contributed by atoms with Gasteiger partial charge in [0.15, 0.2) is 0 Å². The normalized spacial score (nSPS) is 34.9. The van der Waals surface area contributed by atoms with Crippen LogP contribution in [0.3, 0.4) is 0 Å². The highest BCUT2D eigenvalue weighted by atomic mass is 15.2. The summed E-state index contributed by atoms with van der Waals surface area (Å²) in [4.78, 5) is 2.88. The predicted octanol–water partition coefficient (Wildman–Crippen LogP) is 3.87. The summed E-state index contributed by atoms with van der Waals surface area (Å²) in [5.41, 5.74) is 1.75. The predicted molar refractivity (Wildman–Crippen MR) is 86.0 cm³/mol. The smallest absolute Gasteiger partial charge is 0.0113 e. The minimum atomic E-state index is 0.792. The zero-order chi connectivity index (χ0) is 13.8. The maximum atomic E-state index is 3.70. The molecule has 0 aromatic heterocycles. The molecule has 3 rings (SSSR count). The van der Waals surface area contributed by atoms with E-state index in [1.165, 1.54) is 70.8 Å². The van der Waals surface area contributed by atoms with Gasteiger partial charge in [-0.05, 0) is 64.3 Å². The van der Waals surface area contributed by atoms with Crippen molar-refractivity contribution in [1.29, 1.82) is 0 Å². The van der Waals surface area contributed by atoms with Crippen molar-refractivity contribution < 1.29 is 0 Å². The van der Waals surface area contributed by atoms with Crippen LogP contribution in [0.1, 0.15) is 71.1 Å². The molecule has 2 saturated heterocycles. The second-order valence-electron chi connectivity index (χ2n) is 7.06. The number of allylic oxidation sites excluding steroid dienone is 1. The van der Waals surface area contributed by atoms with E-state index in [1.54, 1.807) is 5.57 Å². The van der Waals surface area contributed by atoms with Crippen LogP contribution in [0.2, 0.25) is 0 Å². The second kappa shape index (κ2) is 7.09. The molecule has 0 aromatic rings. The van der Waals surface area contributed by atoms with Crippen LogP contribution in [0, 0.1) is 0 Å². The van der Waals surface area contributed by atoms with Crippen LogP contribution in [0.5, 0.6) is 0 Å². The summed E-state index contributed by atoms with van der Waals surface area (Å²) in [7, 11) is 0. The van der Waals surface area contributed by atoms with Crippen molar-refractivity contribution in [3.63, 3.8) is 0 Å². The van der Waals surface area contributed by atoms with E-state index < -0.39 is 0 Å². The largest absolute Gasteiger partial charge is 0.314 e. The molecule has 3 aliphatic rings. The summed E-state index contributed by atoms with van der Waals surface area (Å²) >= 11 is 0. The van der Waals surface area contributed by atoms with Crippen molar-refractivity contribution in [3.05, 3.63) is 11.6 Å². The van der Waals surface area contributed by atoms with E-state index in [1.807, 2.05) is 0 Å². The Morgan fingerprint density at radius 2 is 1.95 bits per heavy atom. The molecule has 114 valence electrons. The van der Waals surface area contributed by atoms with Crippen molar-refractivity contribution in [1.82, 2.24) is 10.2 Å². The molecular formula is C18H32N2. The molecule has 2 heteroatoms. The quantitative estimate of drug-likeness (QED) is 0.767. The molecule has 2 fully saturated rings. The summed E-state index contributed by atoms with van der Waals surface area (Å²) in [5, 5.41) is 3.70. The fourth-order valence-corrected chi connectivity index (χ4v) is 4.70. The fourth-order valence-electron chi connectivity index (χ4n) is 4.70. The maximum absolute atomic E-state index is 3.70. The number of rotatable bonds is 5. The van der Waals surface area contributed by atoms with Gasteiger partial charge in [0.2, 0.25) is 0 Å². The number of piperidine rings is 2. The SMILES string of the molecule is CCNC1CC2CCCC(C1)N2CCC1=CCCCC1. The molecule has 0 amide bonds. The van der Waals surface area contributed by atoms with Crippen molar-refractivity contribution >= 4 is 0 Å². The van der Waals surface area contributed by atoms with E-state index in [4.69, 9.17) is 0 Å². The van der Waals surface area contributed by atoms with Gasteiger partial charge in [-0.3, -0.25) is 4.90 Å². The van der Waals surface area contributed by atoms with Gasteiger partial charge < -0.3 is 5.32 Å². The number of nitrogens with one attached hydrogen (secondary N) is 1. The van der Waals surface area contributed by atoms with Crippen molar-refractivity contribution in [2.24, 2.45) is 0 Å². The van der Waals surface area contributed by atoms with Gasteiger partial charge in [0, 0.05) is 24.7 Å². The van der Waals surface area contributed by atoms with Crippen LogP contribution in [-0.2, 0) is 0 Å². The zero-order valence-corrected chi connectivity index (χ0v) is 13.2. The van der Waals surface area contributed by atoms with Crippen molar-refractivity contribution in [2.75, 3.05) is 13.1 Å². The molecule has 2 bridgehead atoms. The fraction of sp³-hybridized carbons (Fsp3) is 0.889. The Balaban J connectivity index is 1.54. The van der Waals surface area contributed by atoms with Crippen molar-refractivity contribution in [2.45, 2.75) is 89.3 Å². The Morgan fingerprint density at radius 1 is 1.15 bits per heavy atom. The van der Waals surface area contributed by atoms with E-state index in [0.29, 0.717) is 0 Å². The van der Waals surface area contributed by atoms with Crippen LogP contribution < -0.4 is 5.32 Å². The van der Waals surface area contributed by atoms with Crippen LogP contribution in [0.15, 0.2) is 11.6 Å². The van der Waals surface area contributed by atoms with Gasteiger partial charge in [0.1, 0.15) is 0 Å². The third-order valence-corrected chi connectivity index (χ3v) is 5.69. The molecule has 1 N–H and O–H groups in total. The highest BCUT2D eigenvalue weighted by Gasteiger charge is 2.37. The average Bonchev–Trinajstić information content (AvgIpc) is 2.46. The molecule has 2 atom stereocenters. The summed E-state index contributed by atoms with van der Waals surface area (Å²) < 4.78 is 0. The Kier molecular flexibility index (Phi) is 5.17. The van der Waals surface area contributed by atoms with E-state index in [9.17, 15) is 0 Å². The van der Waals surface area contributed by atoms with E-state index in [2.05, 4.69) is 23.2 Å². The summed E-state index contributed by atoms with van der Waals surface area (Å²) in [6.45, 7) is 4.72. The molecule has 1 aliphatic carbocycles. The van der Waals surface area contributed by atoms with Gasteiger partial charge in [-0.25, -0.2) is 0 Å². The number of hydrogen-bond donors (Lipinski definition) is 1. The Bertz CT molecular complexity index is 322. The van der Waals surface area contributed by atoms with Gasteiger partial charge in [0.25, 0.3) is 0 Å². The van der Waals surface area contributed by atoms with E-state index >= 15 is 0 Å². The lowest BCUT2D eigenvalue weighted by atomic mass is 9.81. The molecule has 2 unspecified atom stereocenters. The molecule has 0 spiro atoms. The van der Waals surface area contributed by atoms with Crippen LogP contribution >= 0.6 is 0 Å². The van der Waals surface area contributed by atoms with Gasteiger partial charge in [-0.15, -0.1) is 0 Å².